The van der Waals surface area contributed by atoms with Crippen LogP contribution in [-0.2, 0) is 17.9 Å². The number of carboxylic acids is 1. The van der Waals surface area contributed by atoms with Crippen LogP contribution in [0.1, 0.15) is 5.69 Å². The Morgan fingerprint density at radius 3 is 2.65 bits per heavy atom. The van der Waals surface area contributed by atoms with Crippen molar-refractivity contribution in [1.29, 1.82) is 0 Å². The Morgan fingerprint density at radius 2 is 2.18 bits per heavy atom. The second-order valence-electron chi connectivity index (χ2n) is 3.16. The lowest BCUT2D eigenvalue weighted by Gasteiger charge is -2.13. The van der Waals surface area contributed by atoms with Gasteiger partial charge in [-0.05, 0) is 22.0 Å². The van der Waals surface area contributed by atoms with E-state index in [2.05, 4.69) is 26.3 Å². The smallest absolute Gasteiger partial charge is 0.475 e. The maximum Gasteiger partial charge on any atom is 0.490 e. The van der Waals surface area contributed by atoms with Gasteiger partial charge in [0.15, 0.2) is 0 Å². The summed E-state index contributed by atoms with van der Waals surface area (Å²) in [6, 6.07) is 2.05. The highest BCUT2D eigenvalue weighted by atomic mass is 79.9. The SMILES string of the molecule is Brc1cc2n(n1)CCNC2.O=C(O)C(F)(F)F. The molecule has 1 aromatic heterocycles. The van der Waals surface area contributed by atoms with Crippen molar-refractivity contribution < 1.29 is 23.1 Å². The number of rotatable bonds is 0. The molecule has 5 nitrogen and oxygen atoms in total. The number of aliphatic carboxylic acids is 1. The van der Waals surface area contributed by atoms with Gasteiger partial charge in [0.05, 0.1) is 12.2 Å². The number of hydrogen-bond donors (Lipinski definition) is 2. The molecule has 17 heavy (non-hydrogen) atoms. The van der Waals surface area contributed by atoms with Gasteiger partial charge in [-0.25, -0.2) is 4.79 Å². The van der Waals surface area contributed by atoms with Crippen molar-refractivity contribution in [2.75, 3.05) is 6.54 Å². The quantitative estimate of drug-likeness (QED) is 0.759. The number of halogens is 4. The molecule has 1 aromatic rings. The van der Waals surface area contributed by atoms with E-state index >= 15 is 0 Å². The van der Waals surface area contributed by atoms with Crippen LogP contribution >= 0.6 is 15.9 Å². The van der Waals surface area contributed by atoms with Crippen LogP contribution in [0.4, 0.5) is 13.2 Å². The van der Waals surface area contributed by atoms with Crippen molar-refractivity contribution in [3.05, 3.63) is 16.4 Å². The Morgan fingerprint density at radius 1 is 1.59 bits per heavy atom. The zero-order valence-electron chi connectivity index (χ0n) is 8.46. The standard InChI is InChI=1S/C6H8BrN3.C2HF3O2/c7-6-3-5-4-8-1-2-10(5)9-6;3-2(4,5)1(6)7/h3,8H,1-2,4H2;(H,6,7). The van der Waals surface area contributed by atoms with Crippen molar-refractivity contribution in [3.8, 4) is 0 Å². The molecule has 96 valence electrons. The summed E-state index contributed by atoms with van der Waals surface area (Å²) in [4.78, 5) is 8.90. The van der Waals surface area contributed by atoms with E-state index in [4.69, 9.17) is 9.90 Å². The summed E-state index contributed by atoms with van der Waals surface area (Å²) in [6.07, 6.45) is -5.08. The predicted molar refractivity (Wildman–Crippen MR) is 55.3 cm³/mol. The molecule has 0 fully saturated rings. The number of carboxylic acid groups (broad SMARTS) is 1. The van der Waals surface area contributed by atoms with Crippen LogP contribution in [0.15, 0.2) is 10.7 Å². The number of nitrogens with one attached hydrogen (secondary N) is 1. The van der Waals surface area contributed by atoms with Gasteiger partial charge in [0.2, 0.25) is 0 Å². The van der Waals surface area contributed by atoms with Crippen molar-refractivity contribution >= 4 is 21.9 Å². The maximum absolute atomic E-state index is 10.6. The fourth-order valence-corrected chi connectivity index (χ4v) is 1.61. The molecule has 2 rings (SSSR count). The monoisotopic (exact) mass is 315 g/mol. The van der Waals surface area contributed by atoms with E-state index < -0.39 is 12.1 Å². The third kappa shape index (κ3) is 4.35. The summed E-state index contributed by atoms with van der Waals surface area (Å²) in [5, 5.41) is 14.6. The van der Waals surface area contributed by atoms with E-state index in [1.165, 1.54) is 5.69 Å². The molecule has 9 heteroatoms. The Balaban J connectivity index is 0.000000185. The van der Waals surface area contributed by atoms with Crippen LogP contribution in [0.3, 0.4) is 0 Å². The van der Waals surface area contributed by atoms with Gasteiger partial charge in [0.25, 0.3) is 0 Å². The van der Waals surface area contributed by atoms with Gasteiger partial charge >= 0.3 is 12.1 Å². The number of aromatic nitrogens is 2. The fraction of sp³-hybridized carbons (Fsp3) is 0.500. The zero-order valence-corrected chi connectivity index (χ0v) is 10.0. The Kier molecular flexibility index (Phi) is 4.52. The van der Waals surface area contributed by atoms with Crippen molar-refractivity contribution in [2.45, 2.75) is 19.3 Å². The molecule has 0 unspecified atom stereocenters. The highest BCUT2D eigenvalue weighted by Crippen LogP contribution is 2.13. The van der Waals surface area contributed by atoms with Gasteiger partial charge < -0.3 is 10.4 Å². The highest BCUT2D eigenvalue weighted by molar-refractivity contribution is 9.10. The second kappa shape index (κ2) is 5.50. The average Bonchev–Trinajstić information content (AvgIpc) is 2.57. The minimum Gasteiger partial charge on any atom is -0.475 e. The number of alkyl halides is 3. The van der Waals surface area contributed by atoms with Crippen molar-refractivity contribution in [1.82, 2.24) is 15.1 Å². The Bertz CT molecular complexity index is 382. The topological polar surface area (TPSA) is 67.2 Å². The van der Waals surface area contributed by atoms with Crippen molar-refractivity contribution in [2.24, 2.45) is 0 Å². The first-order valence-electron chi connectivity index (χ1n) is 4.54. The van der Waals surface area contributed by atoms with Crippen LogP contribution < -0.4 is 5.32 Å². The normalized spacial score (nSPS) is 14.6. The van der Waals surface area contributed by atoms with E-state index in [0.29, 0.717) is 0 Å². The second-order valence-corrected chi connectivity index (χ2v) is 3.97. The lowest BCUT2D eigenvalue weighted by molar-refractivity contribution is -0.192. The van der Waals surface area contributed by atoms with Crippen LogP contribution in [0, 0.1) is 0 Å². The summed E-state index contributed by atoms with van der Waals surface area (Å²) >= 11 is 3.33. The summed E-state index contributed by atoms with van der Waals surface area (Å²) in [5.41, 5.74) is 1.26. The molecule has 0 amide bonds. The average molecular weight is 316 g/mol. The Labute approximate surface area is 103 Å². The Hall–Kier alpha value is -1.09. The summed E-state index contributed by atoms with van der Waals surface area (Å²) in [6.45, 7) is 2.96. The highest BCUT2D eigenvalue weighted by Gasteiger charge is 2.38. The molecule has 0 saturated carbocycles. The van der Waals surface area contributed by atoms with Gasteiger partial charge in [-0.15, -0.1) is 0 Å². The third-order valence-electron chi connectivity index (χ3n) is 1.88. The molecule has 2 heterocycles. The van der Waals surface area contributed by atoms with E-state index in [1.54, 1.807) is 0 Å². The molecule has 0 spiro atoms. The molecule has 0 bridgehead atoms. The lowest BCUT2D eigenvalue weighted by atomic mass is 10.3. The van der Waals surface area contributed by atoms with Crippen LogP contribution in [0.25, 0.3) is 0 Å². The number of carbonyl (C=O) groups is 1. The van der Waals surface area contributed by atoms with Crippen LogP contribution in [-0.4, -0.2) is 33.6 Å². The van der Waals surface area contributed by atoms with Crippen LogP contribution in [0.5, 0.6) is 0 Å². The van der Waals surface area contributed by atoms with Gasteiger partial charge in [-0.2, -0.15) is 18.3 Å². The molecule has 2 N–H and O–H groups in total. The molecule has 0 aliphatic carbocycles. The summed E-state index contributed by atoms with van der Waals surface area (Å²) in [5.74, 6) is -2.76. The molecular formula is C8H9BrF3N3O2. The molecule has 0 atom stereocenters. The zero-order chi connectivity index (χ0) is 13.1. The van der Waals surface area contributed by atoms with E-state index in [-0.39, 0.29) is 0 Å². The molecule has 0 aromatic carbocycles. The number of fused-ring (bicyclic) bond motifs is 1. The van der Waals surface area contributed by atoms with E-state index in [1.807, 2.05) is 10.7 Å². The van der Waals surface area contributed by atoms with Gasteiger partial charge in [-0.3, -0.25) is 4.68 Å². The minimum atomic E-state index is -5.08. The van der Waals surface area contributed by atoms with Gasteiger partial charge in [-0.1, -0.05) is 0 Å². The first-order valence-corrected chi connectivity index (χ1v) is 5.33. The maximum atomic E-state index is 10.6. The molecule has 0 saturated heterocycles. The largest absolute Gasteiger partial charge is 0.490 e. The van der Waals surface area contributed by atoms with E-state index in [0.717, 1.165) is 24.2 Å². The van der Waals surface area contributed by atoms with Crippen molar-refractivity contribution in [3.63, 3.8) is 0 Å². The molecule has 1 aliphatic rings. The van der Waals surface area contributed by atoms with Gasteiger partial charge in [0, 0.05) is 13.1 Å². The predicted octanol–water partition coefficient (Wildman–Crippen LogP) is 1.38. The first kappa shape index (κ1) is 14.0. The summed E-state index contributed by atoms with van der Waals surface area (Å²) in [7, 11) is 0. The number of nitrogens with zero attached hydrogens (tertiary/aromatic N) is 2. The minimum absolute atomic E-state index is 0.936. The fourth-order valence-electron chi connectivity index (χ4n) is 1.16. The van der Waals surface area contributed by atoms with Crippen LogP contribution in [0.2, 0.25) is 0 Å². The number of hydrogen-bond acceptors (Lipinski definition) is 3. The third-order valence-corrected chi connectivity index (χ3v) is 2.27. The van der Waals surface area contributed by atoms with Gasteiger partial charge in [0.1, 0.15) is 4.60 Å². The summed E-state index contributed by atoms with van der Waals surface area (Å²) < 4.78 is 34.7. The molecular weight excluding hydrogens is 307 g/mol. The first-order chi connectivity index (χ1) is 7.80. The molecule has 0 radical (unpaired) electrons. The van der Waals surface area contributed by atoms with E-state index in [9.17, 15) is 13.2 Å². The molecule has 1 aliphatic heterocycles. The lowest BCUT2D eigenvalue weighted by Crippen LogP contribution is -2.28.